The molecular formula is C23H24N2O6S. The number of carbonyl (C=O) groups is 3. The molecule has 2 amide bonds. The molecule has 32 heavy (non-hydrogen) atoms. The number of β-lactam (4-membered cyclic amide) rings is 1. The van der Waals surface area contributed by atoms with Gasteiger partial charge in [0.25, 0.3) is 5.91 Å². The summed E-state index contributed by atoms with van der Waals surface area (Å²) in [6, 6.07) is 14.5. The van der Waals surface area contributed by atoms with Crippen LogP contribution in [0, 0.1) is 0 Å². The fourth-order valence-electron chi connectivity index (χ4n) is 3.77. The molecule has 9 heteroatoms. The lowest BCUT2D eigenvalue weighted by Crippen LogP contribution is -2.71. The van der Waals surface area contributed by atoms with Gasteiger partial charge in [-0.25, -0.2) is 4.79 Å². The highest BCUT2D eigenvalue weighted by molar-refractivity contribution is 7.87. The van der Waals surface area contributed by atoms with E-state index in [1.807, 2.05) is 0 Å². The third-order valence-corrected chi connectivity index (χ3v) is 7.39. The zero-order chi connectivity index (χ0) is 25.4. The minimum Gasteiger partial charge on any atom is -0.484 e. The van der Waals surface area contributed by atoms with Crippen molar-refractivity contribution in [3.63, 3.8) is 0 Å². The second-order valence-corrected chi connectivity index (χ2v) is 9.61. The first-order chi connectivity index (χ1) is 16.6. The molecule has 2 heterocycles. The molecule has 0 saturated carbocycles. The van der Waals surface area contributed by atoms with Crippen LogP contribution in [0.2, 0.25) is 0 Å². The second-order valence-electron chi connectivity index (χ2n) is 7.68. The third-order valence-electron chi connectivity index (χ3n) is 5.39. The first-order valence-electron chi connectivity index (χ1n) is 11.5. The molecule has 168 valence electrons. The summed E-state index contributed by atoms with van der Waals surface area (Å²) in [6.45, 7) is -2.19. The quantitative estimate of drug-likeness (QED) is 0.496. The highest BCUT2D eigenvalue weighted by Gasteiger charge is 2.68. The van der Waals surface area contributed by atoms with E-state index in [1.165, 1.54) is 6.92 Å². The third kappa shape index (κ3) is 4.00. The largest absolute Gasteiger partial charge is 0.484 e. The Hall–Kier alpha value is -3.20. The van der Waals surface area contributed by atoms with Crippen LogP contribution in [0.4, 0.5) is 0 Å². The van der Waals surface area contributed by atoms with Gasteiger partial charge in [0.15, 0.2) is 6.61 Å². The van der Waals surface area contributed by atoms with Crippen LogP contribution < -0.4 is 10.1 Å². The van der Waals surface area contributed by atoms with E-state index in [4.69, 9.17) is 13.6 Å². The summed E-state index contributed by atoms with van der Waals surface area (Å²) in [5.41, 5.74) is 0.672. The van der Waals surface area contributed by atoms with Crippen molar-refractivity contribution < 1.29 is 32.2 Å². The number of amides is 2. The van der Waals surface area contributed by atoms with Crippen molar-refractivity contribution in [1.29, 1.82) is 0 Å². The van der Waals surface area contributed by atoms with Gasteiger partial charge in [-0.3, -0.25) is 13.8 Å². The number of benzene rings is 2. The molecule has 2 unspecified atom stereocenters. The van der Waals surface area contributed by atoms with E-state index in [-0.39, 0.29) is 6.61 Å². The Balaban J connectivity index is 1.50. The minimum atomic E-state index is -2.85. The first kappa shape index (κ1) is 18.4. The lowest BCUT2D eigenvalue weighted by molar-refractivity contribution is -0.165. The Labute approximate surface area is 192 Å². The van der Waals surface area contributed by atoms with Crippen LogP contribution in [0.3, 0.4) is 0 Å². The molecule has 2 saturated heterocycles. The summed E-state index contributed by atoms with van der Waals surface area (Å²) in [7, 11) is -2.20. The van der Waals surface area contributed by atoms with Gasteiger partial charge in [-0.15, -0.1) is 0 Å². The Morgan fingerprint density at radius 3 is 2.47 bits per heavy atom. The van der Waals surface area contributed by atoms with E-state index < -0.39 is 64.2 Å². The Morgan fingerprint density at radius 2 is 1.81 bits per heavy atom. The fourth-order valence-corrected chi connectivity index (χ4v) is 5.57. The van der Waals surface area contributed by atoms with Gasteiger partial charge >= 0.3 is 5.97 Å². The van der Waals surface area contributed by atoms with Crippen molar-refractivity contribution >= 4 is 28.6 Å². The minimum absolute atomic E-state index is 0.135. The van der Waals surface area contributed by atoms with Crippen LogP contribution in [0.5, 0.6) is 5.75 Å². The molecule has 2 aliphatic rings. The van der Waals surface area contributed by atoms with Gasteiger partial charge in [0, 0.05) is 4.11 Å². The second kappa shape index (κ2) is 8.74. The smallest absolute Gasteiger partial charge is 0.330 e. The first-order valence-corrected chi connectivity index (χ1v) is 11.2. The lowest BCUT2D eigenvalue weighted by atomic mass is 9.96. The van der Waals surface area contributed by atoms with E-state index in [0.717, 1.165) is 4.90 Å². The number of ether oxygens (including phenoxy) is 2. The van der Waals surface area contributed by atoms with Gasteiger partial charge in [0.05, 0.1) is 15.5 Å². The molecule has 2 aromatic rings. The lowest BCUT2D eigenvalue weighted by Gasteiger charge is -2.43. The fraction of sp³-hybridized carbons (Fsp3) is 0.348. The van der Waals surface area contributed by atoms with Gasteiger partial charge in [-0.1, -0.05) is 48.5 Å². The molecule has 2 aromatic carbocycles. The molecule has 2 fully saturated rings. The molecule has 0 aromatic heterocycles. The van der Waals surface area contributed by atoms with Gasteiger partial charge < -0.3 is 19.7 Å². The Morgan fingerprint density at radius 1 is 1.16 bits per heavy atom. The van der Waals surface area contributed by atoms with Crippen molar-refractivity contribution in [2.45, 2.75) is 42.6 Å². The van der Waals surface area contributed by atoms with Crippen molar-refractivity contribution in [3.05, 3.63) is 66.2 Å². The van der Waals surface area contributed by atoms with Crippen LogP contribution in [-0.2, 0) is 36.5 Å². The number of carbonyl (C=O) groups excluding carboxylic acids is 3. The maximum Gasteiger partial charge on any atom is 0.330 e. The van der Waals surface area contributed by atoms with Crippen molar-refractivity contribution in [2.75, 3.05) is 6.61 Å². The summed E-state index contributed by atoms with van der Waals surface area (Å²) in [4.78, 5) is 39.3. The summed E-state index contributed by atoms with van der Waals surface area (Å²) in [5.74, 6) is -1.86. The van der Waals surface area contributed by atoms with Crippen LogP contribution >= 0.6 is 0 Å². The van der Waals surface area contributed by atoms with Gasteiger partial charge in [-0.2, -0.15) is 0 Å². The van der Waals surface area contributed by atoms with E-state index in [0.29, 0.717) is 11.3 Å². The maximum atomic E-state index is 13.4. The average molecular weight is 460 g/mol. The zero-order valence-electron chi connectivity index (χ0n) is 20.2. The van der Waals surface area contributed by atoms with Crippen molar-refractivity contribution in [3.8, 4) is 5.75 Å². The molecule has 1 N–H and O–H groups in total. The predicted molar refractivity (Wildman–Crippen MR) is 117 cm³/mol. The number of fused-ring (bicyclic) bond motifs is 1. The Bertz CT molecular complexity index is 1150. The number of hydrogen-bond acceptors (Lipinski definition) is 6. The average Bonchev–Trinajstić information content (AvgIpc) is 3.06. The molecule has 4 rings (SSSR count). The molecule has 0 aliphatic carbocycles. The van der Waals surface area contributed by atoms with Crippen LogP contribution in [0.1, 0.15) is 23.5 Å². The highest BCUT2D eigenvalue weighted by atomic mass is 32.2. The van der Waals surface area contributed by atoms with Crippen LogP contribution in [0.15, 0.2) is 60.7 Å². The van der Waals surface area contributed by atoms with Gasteiger partial charge in [0.2, 0.25) is 5.91 Å². The topological polar surface area (TPSA) is 102 Å². The maximum absolute atomic E-state index is 13.4. The summed E-state index contributed by atoms with van der Waals surface area (Å²) < 4.78 is 46.0. The molecule has 0 radical (unpaired) electrons. The molecule has 2 aliphatic heterocycles. The van der Waals surface area contributed by atoms with Crippen molar-refractivity contribution in [1.82, 2.24) is 10.2 Å². The Kier molecular flexibility index (Phi) is 5.02. The number of hydrogen-bond donors (Lipinski definition) is 1. The number of rotatable bonds is 7. The number of nitrogens with one attached hydrogen (secondary N) is 1. The van der Waals surface area contributed by atoms with Gasteiger partial charge in [0.1, 0.15) is 29.8 Å². The molecule has 0 bridgehead atoms. The standard InChI is InChI=1S/C23H24N2O6S/c1-23(2)19(22(28)31-13-15-9-5-3-6-10-15)25-20(27)18(21(25)32(23)29)24-17(26)14-30-16-11-7-4-8-12-16/h3-12,18-19,21H,13-14H2,1-2H3,(H,24,26)/t18-,19+,21-,32?/m1/s1/i1D3/t18-,19+,21-,23?,32?. The van der Waals surface area contributed by atoms with E-state index in [9.17, 15) is 18.6 Å². The zero-order valence-corrected chi connectivity index (χ0v) is 18.0. The highest BCUT2D eigenvalue weighted by Crippen LogP contribution is 2.43. The predicted octanol–water partition coefficient (Wildman–Crippen LogP) is 1.37. The van der Waals surface area contributed by atoms with Crippen LogP contribution in [-0.4, -0.2) is 55.7 Å². The molecule has 0 spiro atoms. The normalized spacial score (nSPS) is 30.2. The number of esters is 1. The summed E-state index contributed by atoms with van der Waals surface area (Å²) >= 11 is 0. The molecule has 5 atom stereocenters. The monoisotopic (exact) mass is 459 g/mol. The number of nitrogens with zero attached hydrogens (tertiary/aromatic N) is 1. The van der Waals surface area contributed by atoms with Crippen LogP contribution in [0.25, 0.3) is 0 Å². The van der Waals surface area contributed by atoms with E-state index in [1.54, 1.807) is 60.7 Å². The SMILES string of the molecule is [2H]C([2H])([2H])C1(C)[C@H](C(=O)OCc2ccccc2)N2C(=O)[C@@H](NC(=O)COc3ccccc3)[C@H]2S1=O. The number of para-hydroxylation sites is 1. The summed E-state index contributed by atoms with van der Waals surface area (Å²) in [6.07, 6.45) is 0. The molecule has 8 nitrogen and oxygen atoms in total. The van der Waals surface area contributed by atoms with Gasteiger partial charge in [-0.05, 0) is 31.5 Å². The molecular weight excluding hydrogens is 432 g/mol. The van der Waals surface area contributed by atoms with E-state index in [2.05, 4.69) is 5.32 Å². The van der Waals surface area contributed by atoms with E-state index >= 15 is 0 Å². The summed E-state index contributed by atoms with van der Waals surface area (Å²) in [5, 5.41) is 1.28. The van der Waals surface area contributed by atoms with Crippen molar-refractivity contribution in [2.24, 2.45) is 0 Å².